The number of amides is 1. The molecule has 4 aromatic rings. The van der Waals surface area contributed by atoms with Crippen molar-refractivity contribution in [2.75, 3.05) is 5.32 Å². The van der Waals surface area contributed by atoms with Crippen LogP contribution in [0.5, 0.6) is 0 Å². The van der Waals surface area contributed by atoms with E-state index in [1.54, 1.807) is 12.1 Å². The third-order valence-electron chi connectivity index (χ3n) is 3.77. The molecule has 0 unspecified atom stereocenters. The quantitative estimate of drug-likeness (QED) is 0.499. The number of para-hydroxylation sites is 2. The molecule has 122 valence electrons. The van der Waals surface area contributed by atoms with Gasteiger partial charge in [-0.25, -0.2) is 4.98 Å². The maximum absolute atomic E-state index is 12.3. The number of aromatic nitrogens is 1. The smallest absolute Gasteiger partial charge is 0.255 e. The molecule has 25 heavy (non-hydrogen) atoms. The lowest BCUT2D eigenvalue weighted by atomic mass is 10.1. The van der Waals surface area contributed by atoms with Crippen molar-refractivity contribution in [3.05, 3.63) is 82.8 Å². The zero-order chi connectivity index (χ0) is 17.2. The van der Waals surface area contributed by atoms with Crippen LogP contribution in [0.2, 0.25) is 0 Å². The number of benzene rings is 3. The summed E-state index contributed by atoms with van der Waals surface area (Å²) in [4.78, 5) is 16.8. The summed E-state index contributed by atoms with van der Waals surface area (Å²) >= 11 is 3.36. The number of oxazole rings is 1. The number of rotatable bonds is 3. The molecule has 5 heteroatoms. The molecular formula is C20H13BrN2O2. The molecule has 3 aromatic carbocycles. The van der Waals surface area contributed by atoms with Crippen LogP contribution in [0.4, 0.5) is 5.69 Å². The van der Waals surface area contributed by atoms with Gasteiger partial charge in [0.1, 0.15) is 5.52 Å². The second kappa shape index (κ2) is 6.53. The minimum absolute atomic E-state index is 0.165. The number of anilines is 1. The Morgan fingerprint density at radius 1 is 0.960 bits per heavy atom. The van der Waals surface area contributed by atoms with E-state index >= 15 is 0 Å². The standard InChI is InChI=1S/C20H13BrN2O2/c21-15-10-8-13(9-11-15)19(24)22-16-5-3-4-14(12-16)20-23-17-6-1-2-7-18(17)25-20/h1-12H,(H,22,24). The van der Waals surface area contributed by atoms with Gasteiger partial charge in [0.05, 0.1) is 0 Å². The average molecular weight is 393 g/mol. The number of fused-ring (bicyclic) bond motifs is 1. The fourth-order valence-electron chi connectivity index (χ4n) is 2.53. The average Bonchev–Trinajstić information content (AvgIpc) is 3.07. The third-order valence-corrected chi connectivity index (χ3v) is 4.30. The van der Waals surface area contributed by atoms with Gasteiger partial charge in [-0.15, -0.1) is 0 Å². The van der Waals surface area contributed by atoms with E-state index in [1.165, 1.54) is 0 Å². The van der Waals surface area contributed by atoms with Gasteiger partial charge in [-0.1, -0.05) is 34.1 Å². The summed E-state index contributed by atoms with van der Waals surface area (Å²) in [5, 5.41) is 2.90. The molecule has 0 bridgehead atoms. The molecule has 1 heterocycles. The molecule has 1 N–H and O–H groups in total. The molecule has 0 aliphatic carbocycles. The lowest BCUT2D eigenvalue weighted by Crippen LogP contribution is -2.11. The van der Waals surface area contributed by atoms with Crippen LogP contribution in [-0.2, 0) is 0 Å². The molecule has 0 spiro atoms. The normalized spacial score (nSPS) is 10.8. The van der Waals surface area contributed by atoms with E-state index in [0.717, 1.165) is 21.1 Å². The Balaban J connectivity index is 1.60. The summed E-state index contributed by atoms with van der Waals surface area (Å²) in [6.45, 7) is 0. The maximum atomic E-state index is 12.3. The predicted molar refractivity (Wildman–Crippen MR) is 102 cm³/mol. The Morgan fingerprint density at radius 3 is 2.56 bits per heavy atom. The summed E-state index contributed by atoms with van der Waals surface area (Å²) < 4.78 is 6.72. The van der Waals surface area contributed by atoms with Gasteiger partial charge in [0, 0.05) is 21.3 Å². The highest BCUT2D eigenvalue weighted by atomic mass is 79.9. The van der Waals surface area contributed by atoms with Gasteiger partial charge in [-0.2, -0.15) is 0 Å². The first-order chi connectivity index (χ1) is 12.2. The molecule has 4 nitrogen and oxygen atoms in total. The van der Waals surface area contributed by atoms with E-state index in [2.05, 4.69) is 26.2 Å². The first-order valence-corrected chi connectivity index (χ1v) is 8.51. The summed E-state index contributed by atoms with van der Waals surface area (Å²) in [7, 11) is 0. The van der Waals surface area contributed by atoms with Gasteiger partial charge < -0.3 is 9.73 Å². The lowest BCUT2D eigenvalue weighted by Gasteiger charge is -2.06. The molecular weight excluding hydrogens is 380 g/mol. The number of carbonyl (C=O) groups is 1. The molecule has 0 saturated carbocycles. The second-order valence-electron chi connectivity index (χ2n) is 5.53. The fraction of sp³-hybridized carbons (Fsp3) is 0. The lowest BCUT2D eigenvalue weighted by molar-refractivity contribution is 0.102. The van der Waals surface area contributed by atoms with Gasteiger partial charge in [0.15, 0.2) is 5.58 Å². The molecule has 4 rings (SSSR count). The van der Waals surface area contributed by atoms with Gasteiger partial charge in [-0.05, 0) is 54.6 Å². The minimum atomic E-state index is -0.165. The number of halogens is 1. The highest BCUT2D eigenvalue weighted by Crippen LogP contribution is 2.26. The van der Waals surface area contributed by atoms with Gasteiger partial charge >= 0.3 is 0 Å². The third kappa shape index (κ3) is 3.32. The highest BCUT2D eigenvalue weighted by molar-refractivity contribution is 9.10. The maximum Gasteiger partial charge on any atom is 0.255 e. The number of hydrogen-bond donors (Lipinski definition) is 1. The van der Waals surface area contributed by atoms with Crippen molar-refractivity contribution >= 4 is 38.6 Å². The van der Waals surface area contributed by atoms with E-state index in [9.17, 15) is 4.79 Å². The van der Waals surface area contributed by atoms with Crippen LogP contribution >= 0.6 is 15.9 Å². The summed E-state index contributed by atoms with van der Waals surface area (Å²) in [6.07, 6.45) is 0. The van der Waals surface area contributed by atoms with Crippen LogP contribution in [0.1, 0.15) is 10.4 Å². The molecule has 0 aliphatic rings. The van der Waals surface area contributed by atoms with Crippen molar-refractivity contribution in [3.63, 3.8) is 0 Å². The van der Waals surface area contributed by atoms with Crippen molar-refractivity contribution < 1.29 is 9.21 Å². The zero-order valence-corrected chi connectivity index (χ0v) is 14.7. The van der Waals surface area contributed by atoms with Gasteiger partial charge in [0.2, 0.25) is 5.89 Å². The van der Waals surface area contributed by atoms with Crippen LogP contribution < -0.4 is 5.32 Å². The van der Waals surface area contributed by atoms with Crippen molar-refractivity contribution in [2.24, 2.45) is 0 Å². The number of nitrogens with zero attached hydrogens (tertiary/aromatic N) is 1. The zero-order valence-electron chi connectivity index (χ0n) is 13.1. The largest absolute Gasteiger partial charge is 0.436 e. The SMILES string of the molecule is O=C(Nc1cccc(-c2nc3ccccc3o2)c1)c1ccc(Br)cc1. The van der Waals surface area contributed by atoms with Gasteiger partial charge in [-0.3, -0.25) is 4.79 Å². The molecule has 0 saturated heterocycles. The van der Waals surface area contributed by atoms with E-state index in [-0.39, 0.29) is 5.91 Å². The number of nitrogens with one attached hydrogen (secondary N) is 1. The summed E-state index contributed by atoms with van der Waals surface area (Å²) in [5.74, 6) is 0.364. The van der Waals surface area contributed by atoms with E-state index < -0.39 is 0 Å². The monoisotopic (exact) mass is 392 g/mol. The topological polar surface area (TPSA) is 55.1 Å². The molecule has 0 fully saturated rings. The predicted octanol–water partition coefficient (Wildman–Crippen LogP) is 5.51. The van der Waals surface area contributed by atoms with Crippen molar-refractivity contribution in [1.29, 1.82) is 0 Å². The Morgan fingerprint density at radius 2 is 1.76 bits per heavy atom. The summed E-state index contributed by atoms with van der Waals surface area (Å²) in [6, 6.07) is 22.3. The Hall–Kier alpha value is -2.92. The molecule has 0 radical (unpaired) electrons. The fourth-order valence-corrected chi connectivity index (χ4v) is 2.79. The molecule has 1 amide bonds. The molecule has 0 aliphatic heterocycles. The van der Waals surface area contributed by atoms with Crippen LogP contribution in [0.3, 0.4) is 0 Å². The molecule has 1 aromatic heterocycles. The van der Waals surface area contributed by atoms with E-state index in [0.29, 0.717) is 17.1 Å². The van der Waals surface area contributed by atoms with E-state index in [4.69, 9.17) is 4.42 Å². The van der Waals surface area contributed by atoms with Gasteiger partial charge in [0.25, 0.3) is 5.91 Å². The first-order valence-electron chi connectivity index (χ1n) is 7.72. The van der Waals surface area contributed by atoms with Crippen molar-refractivity contribution in [1.82, 2.24) is 4.98 Å². The number of carbonyl (C=O) groups excluding carboxylic acids is 1. The first kappa shape index (κ1) is 15.6. The Kier molecular flexibility index (Phi) is 4.07. The summed E-state index contributed by atoms with van der Waals surface area (Å²) in [5.41, 5.74) is 3.64. The number of hydrogen-bond acceptors (Lipinski definition) is 3. The van der Waals surface area contributed by atoms with Crippen molar-refractivity contribution in [3.8, 4) is 11.5 Å². The van der Waals surface area contributed by atoms with Crippen LogP contribution in [-0.4, -0.2) is 10.9 Å². The Labute approximate surface area is 152 Å². The molecule has 0 atom stereocenters. The van der Waals surface area contributed by atoms with Crippen LogP contribution in [0.15, 0.2) is 81.7 Å². The highest BCUT2D eigenvalue weighted by Gasteiger charge is 2.10. The van der Waals surface area contributed by atoms with Crippen LogP contribution in [0, 0.1) is 0 Å². The van der Waals surface area contributed by atoms with Crippen LogP contribution in [0.25, 0.3) is 22.6 Å². The van der Waals surface area contributed by atoms with E-state index in [1.807, 2.05) is 60.7 Å². The van der Waals surface area contributed by atoms with Crippen molar-refractivity contribution in [2.45, 2.75) is 0 Å². The Bertz CT molecular complexity index is 1020. The minimum Gasteiger partial charge on any atom is -0.436 e. The second-order valence-corrected chi connectivity index (χ2v) is 6.44.